The van der Waals surface area contributed by atoms with Crippen LogP contribution in [0.2, 0.25) is 0 Å². The van der Waals surface area contributed by atoms with Gasteiger partial charge in [-0.25, -0.2) is 0 Å². The molecule has 6 rings (SSSR count). The predicted octanol–water partition coefficient (Wildman–Crippen LogP) is 5.32. The van der Waals surface area contributed by atoms with Crippen LogP contribution in [-0.2, 0) is 4.79 Å². The van der Waals surface area contributed by atoms with Crippen molar-refractivity contribution >= 4 is 35.1 Å². The summed E-state index contributed by atoms with van der Waals surface area (Å²) in [6.45, 7) is 9.78. The molecule has 2 atom stereocenters. The van der Waals surface area contributed by atoms with Crippen molar-refractivity contribution in [3.8, 4) is 0 Å². The molecule has 218 valence electrons. The van der Waals surface area contributed by atoms with Crippen LogP contribution in [0.1, 0.15) is 87.4 Å². The van der Waals surface area contributed by atoms with Crippen molar-refractivity contribution in [1.82, 2.24) is 20.1 Å². The first-order valence-corrected chi connectivity index (χ1v) is 15.1. The summed E-state index contributed by atoms with van der Waals surface area (Å²) >= 11 is 0. The summed E-state index contributed by atoms with van der Waals surface area (Å²) in [7, 11) is 0. The average molecular weight is 566 g/mol. The Kier molecular flexibility index (Phi) is 7.73. The Morgan fingerprint density at radius 1 is 1.05 bits per heavy atom. The molecule has 0 saturated carbocycles. The van der Waals surface area contributed by atoms with E-state index < -0.39 is 0 Å². The SMILES string of the molecule is Cc1[nH]c(C=C2C(=O)Nc3ccc(C(=O)NC(C)c4ccccc4)cc32)c(C)c1C(=O)N1CCCC1CN1CCCC1. The van der Waals surface area contributed by atoms with Gasteiger partial charge in [0, 0.05) is 47.3 Å². The molecule has 3 aliphatic heterocycles. The molecule has 0 aliphatic carbocycles. The monoisotopic (exact) mass is 565 g/mol. The standard InChI is InChI=1S/C34H39N5O3/c1-21-30(35-23(3)31(21)34(42)39-17-9-12-26(39)20-38-15-7-8-16-38)19-28-27-18-25(13-14-29(27)37-33(28)41)32(40)36-22(2)24-10-5-4-6-11-24/h4-6,10-11,13-14,18-19,22,26,35H,7-9,12,15-17,20H2,1-3H3,(H,36,40)(H,37,41). The maximum Gasteiger partial charge on any atom is 0.256 e. The summed E-state index contributed by atoms with van der Waals surface area (Å²) in [5.41, 5.74) is 6.36. The number of fused-ring (bicyclic) bond motifs is 1. The molecular formula is C34H39N5O3. The molecule has 0 spiro atoms. The van der Waals surface area contributed by atoms with Crippen molar-refractivity contribution in [2.45, 2.75) is 58.5 Å². The number of nitrogens with one attached hydrogen (secondary N) is 3. The Morgan fingerprint density at radius 3 is 2.57 bits per heavy atom. The second-order valence-electron chi connectivity index (χ2n) is 11.8. The number of nitrogens with zero attached hydrogens (tertiary/aromatic N) is 2. The molecule has 3 aromatic rings. The van der Waals surface area contributed by atoms with E-state index in [1.54, 1.807) is 24.3 Å². The highest BCUT2D eigenvalue weighted by Crippen LogP contribution is 2.35. The minimum atomic E-state index is -0.232. The smallest absolute Gasteiger partial charge is 0.256 e. The van der Waals surface area contributed by atoms with Crippen LogP contribution in [0.15, 0.2) is 48.5 Å². The number of aryl methyl sites for hydroxylation is 1. The highest BCUT2D eigenvalue weighted by molar-refractivity contribution is 6.35. The first-order chi connectivity index (χ1) is 20.3. The molecule has 42 heavy (non-hydrogen) atoms. The van der Waals surface area contributed by atoms with Crippen LogP contribution in [-0.4, -0.2) is 64.7 Å². The quantitative estimate of drug-likeness (QED) is 0.338. The lowest BCUT2D eigenvalue weighted by Crippen LogP contribution is -2.42. The fourth-order valence-electron chi connectivity index (χ4n) is 6.66. The van der Waals surface area contributed by atoms with Gasteiger partial charge in [-0.05, 0) is 94.9 Å². The molecule has 3 N–H and O–H groups in total. The molecule has 2 unspecified atom stereocenters. The van der Waals surface area contributed by atoms with Crippen molar-refractivity contribution in [3.63, 3.8) is 0 Å². The minimum absolute atomic E-state index is 0.0652. The number of rotatable bonds is 7. The number of benzene rings is 2. The van der Waals surface area contributed by atoms with E-state index in [0.717, 1.165) is 61.5 Å². The van der Waals surface area contributed by atoms with E-state index in [4.69, 9.17) is 0 Å². The van der Waals surface area contributed by atoms with Gasteiger partial charge in [-0.2, -0.15) is 0 Å². The summed E-state index contributed by atoms with van der Waals surface area (Å²) in [6.07, 6.45) is 6.36. The normalized spacial score (nSPS) is 20.2. The zero-order chi connectivity index (χ0) is 29.4. The molecule has 4 heterocycles. The second-order valence-corrected chi connectivity index (χ2v) is 11.8. The number of anilines is 1. The number of hydrogen-bond acceptors (Lipinski definition) is 4. The van der Waals surface area contributed by atoms with Gasteiger partial charge in [-0.3, -0.25) is 14.4 Å². The first kappa shape index (κ1) is 28.0. The summed E-state index contributed by atoms with van der Waals surface area (Å²) in [6, 6.07) is 15.1. The van der Waals surface area contributed by atoms with Gasteiger partial charge in [-0.15, -0.1) is 0 Å². The maximum absolute atomic E-state index is 13.8. The Balaban J connectivity index is 1.24. The molecule has 0 radical (unpaired) electrons. The van der Waals surface area contributed by atoms with E-state index >= 15 is 0 Å². The van der Waals surface area contributed by atoms with Gasteiger partial charge >= 0.3 is 0 Å². The van der Waals surface area contributed by atoms with E-state index in [1.807, 2.05) is 51.1 Å². The van der Waals surface area contributed by atoms with Crippen LogP contribution in [0.3, 0.4) is 0 Å². The lowest BCUT2D eigenvalue weighted by molar-refractivity contribution is -0.110. The van der Waals surface area contributed by atoms with Crippen molar-refractivity contribution in [2.75, 3.05) is 31.5 Å². The molecule has 0 bridgehead atoms. The molecule has 8 nitrogen and oxygen atoms in total. The number of carbonyl (C=O) groups is 3. The van der Waals surface area contributed by atoms with Crippen LogP contribution < -0.4 is 10.6 Å². The van der Waals surface area contributed by atoms with Gasteiger partial charge in [0.05, 0.1) is 17.2 Å². The van der Waals surface area contributed by atoms with Gasteiger partial charge in [0.1, 0.15) is 0 Å². The zero-order valence-electron chi connectivity index (χ0n) is 24.6. The van der Waals surface area contributed by atoms with Crippen molar-refractivity contribution < 1.29 is 14.4 Å². The predicted molar refractivity (Wildman–Crippen MR) is 165 cm³/mol. The molecule has 2 fully saturated rings. The summed E-state index contributed by atoms with van der Waals surface area (Å²) in [5, 5.41) is 5.97. The number of H-pyrrole nitrogens is 1. The highest BCUT2D eigenvalue weighted by atomic mass is 16.2. The Morgan fingerprint density at radius 2 is 1.81 bits per heavy atom. The van der Waals surface area contributed by atoms with Crippen LogP contribution in [0.5, 0.6) is 0 Å². The molecule has 8 heteroatoms. The van der Waals surface area contributed by atoms with Gasteiger partial charge in [0.15, 0.2) is 0 Å². The number of likely N-dealkylation sites (tertiary alicyclic amines) is 2. The Labute approximate surface area is 247 Å². The molecule has 1 aromatic heterocycles. The van der Waals surface area contributed by atoms with Gasteiger partial charge in [0.25, 0.3) is 17.7 Å². The van der Waals surface area contributed by atoms with E-state index in [2.05, 4.69) is 25.4 Å². The molecule has 2 saturated heterocycles. The third-order valence-electron chi connectivity index (χ3n) is 9.00. The van der Waals surface area contributed by atoms with E-state index in [9.17, 15) is 14.4 Å². The highest BCUT2D eigenvalue weighted by Gasteiger charge is 2.34. The Bertz CT molecular complexity index is 1550. The zero-order valence-corrected chi connectivity index (χ0v) is 24.6. The van der Waals surface area contributed by atoms with Crippen molar-refractivity contribution in [3.05, 3.63) is 87.7 Å². The molecule has 3 amide bonds. The van der Waals surface area contributed by atoms with Gasteiger partial charge < -0.3 is 25.4 Å². The summed E-state index contributed by atoms with van der Waals surface area (Å²) in [5.74, 6) is -0.373. The summed E-state index contributed by atoms with van der Waals surface area (Å²) < 4.78 is 0. The van der Waals surface area contributed by atoms with Gasteiger partial charge in [0.2, 0.25) is 0 Å². The molecular weight excluding hydrogens is 526 g/mol. The lowest BCUT2D eigenvalue weighted by Gasteiger charge is -2.28. The van der Waals surface area contributed by atoms with E-state index in [1.165, 1.54) is 12.8 Å². The third kappa shape index (κ3) is 5.39. The number of aromatic nitrogens is 1. The maximum atomic E-state index is 13.8. The topological polar surface area (TPSA) is 97.5 Å². The molecule has 2 aromatic carbocycles. The number of hydrogen-bond donors (Lipinski definition) is 3. The number of carbonyl (C=O) groups excluding carboxylic acids is 3. The largest absolute Gasteiger partial charge is 0.358 e. The Hall–Kier alpha value is -4.17. The second kappa shape index (κ2) is 11.6. The van der Waals surface area contributed by atoms with E-state index in [-0.39, 0.29) is 29.8 Å². The number of aromatic amines is 1. The van der Waals surface area contributed by atoms with E-state index in [0.29, 0.717) is 28.0 Å². The fraction of sp³-hybridized carbons (Fsp3) is 0.382. The van der Waals surface area contributed by atoms with Gasteiger partial charge in [-0.1, -0.05) is 30.3 Å². The van der Waals surface area contributed by atoms with Crippen LogP contribution in [0.25, 0.3) is 11.6 Å². The van der Waals surface area contributed by atoms with Crippen molar-refractivity contribution in [2.24, 2.45) is 0 Å². The third-order valence-corrected chi connectivity index (χ3v) is 9.00. The van der Waals surface area contributed by atoms with Crippen LogP contribution in [0.4, 0.5) is 5.69 Å². The fourth-order valence-corrected chi connectivity index (χ4v) is 6.66. The minimum Gasteiger partial charge on any atom is -0.358 e. The number of amides is 3. The average Bonchev–Trinajstić information content (AvgIpc) is 3.78. The molecule has 3 aliphatic rings. The van der Waals surface area contributed by atoms with Crippen molar-refractivity contribution in [1.29, 1.82) is 0 Å². The first-order valence-electron chi connectivity index (χ1n) is 15.1. The van der Waals surface area contributed by atoms with Crippen LogP contribution in [0, 0.1) is 13.8 Å². The lowest BCUT2D eigenvalue weighted by atomic mass is 10.0. The summed E-state index contributed by atoms with van der Waals surface area (Å²) in [4.78, 5) is 47.9. The van der Waals surface area contributed by atoms with Crippen LogP contribution >= 0.6 is 0 Å².